The molecule has 4 heteroatoms. The van der Waals surface area contributed by atoms with E-state index in [9.17, 15) is 4.79 Å². The molecule has 1 N–H and O–H groups in total. The zero-order valence-corrected chi connectivity index (χ0v) is 15.1. The van der Waals surface area contributed by atoms with Gasteiger partial charge in [-0.25, -0.2) is 0 Å². The lowest BCUT2D eigenvalue weighted by Crippen LogP contribution is -2.44. The summed E-state index contributed by atoms with van der Waals surface area (Å²) in [5.41, 5.74) is 1.97. The Kier molecular flexibility index (Phi) is 5.33. The van der Waals surface area contributed by atoms with Crippen molar-refractivity contribution in [2.24, 2.45) is 0 Å². The predicted molar refractivity (Wildman–Crippen MR) is 99.7 cm³/mol. The molecule has 0 aliphatic carbocycles. The van der Waals surface area contributed by atoms with E-state index in [1.165, 1.54) is 5.56 Å². The molecule has 1 aliphatic heterocycles. The molecule has 0 bridgehead atoms. The fourth-order valence-corrected chi connectivity index (χ4v) is 3.65. The number of halogens is 1. The van der Waals surface area contributed by atoms with E-state index < -0.39 is 0 Å². The molecule has 1 fully saturated rings. The standard InChI is InChI=1S/C19H20INO2/c20-17-8-4-5-15(13-17)18(22)21-14-19(9-11-23-12-10-19)16-6-2-1-3-7-16/h1-8,13H,9-12,14H2,(H,21,22). The second kappa shape index (κ2) is 7.45. The van der Waals surface area contributed by atoms with Crippen LogP contribution >= 0.6 is 22.6 Å². The Morgan fingerprint density at radius 1 is 1.09 bits per heavy atom. The molecule has 1 heterocycles. The maximum atomic E-state index is 12.5. The molecule has 3 nitrogen and oxygen atoms in total. The van der Waals surface area contributed by atoms with Crippen molar-refractivity contribution in [3.05, 3.63) is 69.3 Å². The highest BCUT2D eigenvalue weighted by Gasteiger charge is 2.34. The maximum absolute atomic E-state index is 12.5. The number of hydrogen-bond acceptors (Lipinski definition) is 2. The van der Waals surface area contributed by atoms with Gasteiger partial charge in [-0.3, -0.25) is 4.79 Å². The molecule has 0 spiro atoms. The third-order valence-corrected chi connectivity index (χ3v) is 5.18. The lowest BCUT2D eigenvalue weighted by atomic mass is 9.74. The summed E-state index contributed by atoms with van der Waals surface area (Å²) in [6, 6.07) is 18.1. The van der Waals surface area contributed by atoms with Crippen molar-refractivity contribution >= 4 is 28.5 Å². The van der Waals surface area contributed by atoms with E-state index in [1.54, 1.807) is 0 Å². The number of rotatable bonds is 4. The Balaban J connectivity index is 1.76. The van der Waals surface area contributed by atoms with Gasteiger partial charge < -0.3 is 10.1 Å². The zero-order chi connectivity index (χ0) is 16.1. The van der Waals surface area contributed by atoms with Gasteiger partial charge >= 0.3 is 0 Å². The van der Waals surface area contributed by atoms with Gasteiger partial charge in [0.05, 0.1) is 0 Å². The van der Waals surface area contributed by atoms with Gasteiger partial charge in [-0.15, -0.1) is 0 Å². The zero-order valence-electron chi connectivity index (χ0n) is 12.9. The first-order valence-corrected chi connectivity index (χ1v) is 8.95. The lowest BCUT2D eigenvalue weighted by molar-refractivity contribution is 0.0487. The van der Waals surface area contributed by atoms with Crippen molar-refractivity contribution in [2.75, 3.05) is 19.8 Å². The average Bonchev–Trinajstić information content (AvgIpc) is 2.61. The smallest absolute Gasteiger partial charge is 0.251 e. The predicted octanol–water partition coefficient (Wildman–Crippen LogP) is 3.77. The largest absolute Gasteiger partial charge is 0.381 e. The van der Waals surface area contributed by atoms with Crippen molar-refractivity contribution in [1.82, 2.24) is 5.32 Å². The number of amides is 1. The van der Waals surface area contributed by atoms with Crippen LogP contribution in [0.3, 0.4) is 0 Å². The quantitative estimate of drug-likeness (QED) is 0.764. The second-order valence-corrected chi connectivity index (χ2v) is 7.20. The number of carbonyl (C=O) groups excluding carboxylic acids is 1. The van der Waals surface area contributed by atoms with Crippen molar-refractivity contribution in [3.63, 3.8) is 0 Å². The molecule has 0 unspecified atom stereocenters. The summed E-state index contributed by atoms with van der Waals surface area (Å²) in [6.07, 6.45) is 1.87. The number of nitrogens with one attached hydrogen (secondary N) is 1. The minimum absolute atomic E-state index is 0.00897. The topological polar surface area (TPSA) is 38.3 Å². The fourth-order valence-electron chi connectivity index (χ4n) is 3.10. The van der Waals surface area contributed by atoms with E-state index in [2.05, 4.69) is 52.2 Å². The van der Waals surface area contributed by atoms with Gasteiger partial charge in [0.25, 0.3) is 5.91 Å². The van der Waals surface area contributed by atoms with Crippen LogP contribution in [-0.2, 0) is 10.2 Å². The van der Waals surface area contributed by atoms with Gasteiger partial charge in [0, 0.05) is 34.3 Å². The van der Waals surface area contributed by atoms with Gasteiger partial charge in [0.2, 0.25) is 0 Å². The summed E-state index contributed by atoms with van der Waals surface area (Å²) in [7, 11) is 0. The van der Waals surface area contributed by atoms with Crippen molar-refractivity contribution < 1.29 is 9.53 Å². The molecule has 1 saturated heterocycles. The minimum Gasteiger partial charge on any atom is -0.381 e. The second-order valence-electron chi connectivity index (χ2n) is 5.95. The molecule has 0 aromatic heterocycles. The Morgan fingerprint density at radius 2 is 1.83 bits per heavy atom. The van der Waals surface area contributed by atoms with Crippen molar-refractivity contribution in [1.29, 1.82) is 0 Å². The summed E-state index contributed by atoms with van der Waals surface area (Å²) in [5, 5.41) is 3.14. The first-order chi connectivity index (χ1) is 11.2. The highest BCUT2D eigenvalue weighted by Crippen LogP contribution is 2.34. The van der Waals surface area contributed by atoms with Gasteiger partial charge in [-0.05, 0) is 59.2 Å². The normalized spacial score (nSPS) is 16.7. The van der Waals surface area contributed by atoms with Crippen LogP contribution in [0.5, 0.6) is 0 Å². The lowest BCUT2D eigenvalue weighted by Gasteiger charge is -2.38. The molecule has 2 aromatic rings. The van der Waals surface area contributed by atoms with E-state index in [1.807, 2.05) is 30.3 Å². The molecule has 1 amide bonds. The van der Waals surface area contributed by atoms with Crippen LogP contribution in [0.15, 0.2) is 54.6 Å². The number of hydrogen-bond donors (Lipinski definition) is 1. The summed E-state index contributed by atoms with van der Waals surface area (Å²) in [5.74, 6) is -0.00897. The third kappa shape index (κ3) is 3.93. The van der Waals surface area contributed by atoms with Crippen LogP contribution in [-0.4, -0.2) is 25.7 Å². The van der Waals surface area contributed by atoms with Crippen LogP contribution < -0.4 is 5.32 Å². The molecule has 2 aromatic carbocycles. The number of ether oxygens (including phenoxy) is 1. The van der Waals surface area contributed by atoms with Crippen LogP contribution in [0.2, 0.25) is 0 Å². The van der Waals surface area contributed by atoms with Crippen LogP contribution in [0, 0.1) is 3.57 Å². The SMILES string of the molecule is O=C(NCC1(c2ccccc2)CCOCC1)c1cccc(I)c1. The summed E-state index contributed by atoms with van der Waals surface area (Å²) < 4.78 is 6.61. The first-order valence-electron chi connectivity index (χ1n) is 7.87. The molecular weight excluding hydrogens is 401 g/mol. The van der Waals surface area contributed by atoms with E-state index in [0.717, 1.165) is 29.6 Å². The number of carbonyl (C=O) groups is 1. The third-order valence-electron chi connectivity index (χ3n) is 4.51. The van der Waals surface area contributed by atoms with Crippen LogP contribution in [0.25, 0.3) is 0 Å². The van der Waals surface area contributed by atoms with Crippen LogP contribution in [0.1, 0.15) is 28.8 Å². The maximum Gasteiger partial charge on any atom is 0.251 e. The molecule has 1 aliphatic rings. The van der Waals surface area contributed by atoms with Crippen molar-refractivity contribution in [2.45, 2.75) is 18.3 Å². The van der Waals surface area contributed by atoms with Gasteiger partial charge in [-0.2, -0.15) is 0 Å². The summed E-state index contributed by atoms with van der Waals surface area (Å²) in [6.45, 7) is 2.13. The summed E-state index contributed by atoms with van der Waals surface area (Å²) in [4.78, 5) is 12.5. The molecule has 0 atom stereocenters. The van der Waals surface area contributed by atoms with Crippen LogP contribution in [0.4, 0.5) is 0 Å². The molecule has 120 valence electrons. The fraction of sp³-hybridized carbons (Fsp3) is 0.316. The Bertz CT molecular complexity index is 666. The average molecular weight is 421 g/mol. The Morgan fingerprint density at radius 3 is 2.52 bits per heavy atom. The van der Waals surface area contributed by atoms with E-state index >= 15 is 0 Å². The van der Waals surface area contributed by atoms with Gasteiger partial charge in [0.15, 0.2) is 0 Å². The molecule has 23 heavy (non-hydrogen) atoms. The monoisotopic (exact) mass is 421 g/mol. The first kappa shape index (κ1) is 16.5. The van der Waals surface area contributed by atoms with Gasteiger partial charge in [-0.1, -0.05) is 36.4 Å². The van der Waals surface area contributed by atoms with Gasteiger partial charge in [0.1, 0.15) is 0 Å². The summed E-state index contributed by atoms with van der Waals surface area (Å²) >= 11 is 2.23. The Labute approximate surface area is 150 Å². The molecule has 0 saturated carbocycles. The highest BCUT2D eigenvalue weighted by atomic mass is 127. The minimum atomic E-state index is -0.0306. The highest BCUT2D eigenvalue weighted by molar-refractivity contribution is 14.1. The molecule has 3 rings (SSSR count). The Hall–Kier alpha value is -1.40. The van der Waals surface area contributed by atoms with E-state index in [-0.39, 0.29) is 11.3 Å². The van der Waals surface area contributed by atoms with E-state index in [0.29, 0.717) is 12.1 Å². The molecule has 0 radical (unpaired) electrons. The van der Waals surface area contributed by atoms with Crippen molar-refractivity contribution in [3.8, 4) is 0 Å². The number of benzene rings is 2. The van der Waals surface area contributed by atoms with E-state index in [4.69, 9.17) is 4.74 Å². The molecular formula is C19H20INO2.